The van der Waals surface area contributed by atoms with Gasteiger partial charge in [-0.25, -0.2) is 0 Å². The van der Waals surface area contributed by atoms with Crippen LogP contribution < -0.4 is 0 Å². The molecule has 0 atom stereocenters. The normalized spacial score (nSPS) is 17.8. The van der Waals surface area contributed by atoms with E-state index in [4.69, 9.17) is 16.6 Å². The number of benzene rings is 1. The average molecular weight is 426 g/mol. The predicted molar refractivity (Wildman–Crippen MR) is 118 cm³/mol. The summed E-state index contributed by atoms with van der Waals surface area (Å²) < 4.78 is 0. The van der Waals surface area contributed by atoms with E-state index in [1.807, 2.05) is 28.9 Å². The van der Waals surface area contributed by atoms with E-state index in [2.05, 4.69) is 0 Å². The number of carbonyl (C=O) groups is 2. The minimum Gasteiger partial charge on any atom is -0.339 e. The predicted octanol–water partition coefficient (Wildman–Crippen LogP) is 4.69. The van der Waals surface area contributed by atoms with Gasteiger partial charge in [0.15, 0.2) is 0 Å². The van der Waals surface area contributed by atoms with Crippen molar-refractivity contribution in [2.75, 3.05) is 26.2 Å². The zero-order valence-electron chi connectivity index (χ0n) is 17.4. The van der Waals surface area contributed by atoms with E-state index >= 15 is 0 Å². The molecule has 1 aromatic heterocycles. The summed E-state index contributed by atoms with van der Waals surface area (Å²) in [7, 11) is 0. The first-order chi connectivity index (χ1) is 14.5. The Kier molecular flexibility index (Phi) is 6.38. The zero-order chi connectivity index (χ0) is 21.1. The van der Waals surface area contributed by atoms with Crippen molar-refractivity contribution in [3.05, 3.63) is 63.9 Å². The molecule has 158 valence electrons. The van der Waals surface area contributed by atoms with Crippen molar-refractivity contribution in [1.82, 2.24) is 14.8 Å². The molecule has 2 fully saturated rings. The number of rotatable bonds is 3. The molecule has 3 heterocycles. The van der Waals surface area contributed by atoms with Gasteiger partial charge in [0, 0.05) is 48.4 Å². The van der Waals surface area contributed by atoms with Crippen LogP contribution in [0.4, 0.5) is 0 Å². The molecule has 1 aromatic carbocycles. The van der Waals surface area contributed by atoms with E-state index in [1.165, 1.54) is 6.42 Å². The Hall–Kier alpha value is -2.40. The van der Waals surface area contributed by atoms with Gasteiger partial charge in [0.25, 0.3) is 11.8 Å². The number of nitrogens with zero attached hydrogens (tertiary/aromatic N) is 3. The molecule has 0 radical (unpaired) electrons. The lowest BCUT2D eigenvalue weighted by Gasteiger charge is -2.33. The summed E-state index contributed by atoms with van der Waals surface area (Å²) in [6.45, 7) is 4.97. The number of piperidine rings is 2. The Balaban J connectivity index is 1.47. The van der Waals surface area contributed by atoms with Gasteiger partial charge in [-0.15, -0.1) is 0 Å². The Morgan fingerprint density at radius 3 is 2.17 bits per heavy atom. The summed E-state index contributed by atoms with van der Waals surface area (Å²) in [6, 6.07) is 10.9. The van der Waals surface area contributed by atoms with Crippen molar-refractivity contribution in [2.24, 2.45) is 0 Å². The number of hydrogen-bond donors (Lipinski definition) is 0. The van der Waals surface area contributed by atoms with E-state index in [0.29, 0.717) is 23.7 Å². The summed E-state index contributed by atoms with van der Waals surface area (Å²) in [5.74, 6) is 0.340. The number of pyridine rings is 1. The number of halogens is 1. The van der Waals surface area contributed by atoms with E-state index in [1.54, 1.807) is 24.3 Å². The van der Waals surface area contributed by atoms with Crippen molar-refractivity contribution >= 4 is 23.4 Å². The standard InChI is InChI=1S/C24H28ClN3O2/c1-17-5-10-21(24(30)27-13-3-2-4-14-27)22(26-17)18-11-15-28(16-12-18)23(29)19-6-8-20(25)9-7-19/h5-10,18H,2-4,11-16H2,1H3. The Labute approximate surface area is 183 Å². The van der Waals surface area contributed by atoms with Crippen molar-refractivity contribution in [3.63, 3.8) is 0 Å². The molecule has 30 heavy (non-hydrogen) atoms. The molecule has 2 aliphatic heterocycles. The van der Waals surface area contributed by atoms with Gasteiger partial charge in [-0.3, -0.25) is 14.6 Å². The first-order valence-electron chi connectivity index (χ1n) is 10.8. The maximum atomic E-state index is 13.2. The van der Waals surface area contributed by atoms with Gasteiger partial charge in [-0.05, 0) is 75.4 Å². The molecule has 2 saturated heterocycles. The second-order valence-corrected chi connectivity index (χ2v) is 8.75. The zero-order valence-corrected chi connectivity index (χ0v) is 18.2. The highest BCUT2D eigenvalue weighted by atomic mass is 35.5. The highest BCUT2D eigenvalue weighted by molar-refractivity contribution is 6.30. The van der Waals surface area contributed by atoms with E-state index < -0.39 is 0 Å². The lowest BCUT2D eigenvalue weighted by atomic mass is 9.89. The molecule has 0 N–H and O–H groups in total. The van der Waals surface area contributed by atoms with Crippen LogP contribution in [0.25, 0.3) is 0 Å². The second kappa shape index (κ2) is 9.17. The molecule has 0 aliphatic carbocycles. The van der Waals surface area contributed by atoms with Crippen molar-refractivity contribution in [2.45, 2.75) is 44.9 Å². The summed E-state index contributed by atoms with van der Waals surface area (Å²) in [5.41, 5.74) is 3.24. The smallest absolute Gasteiger partial charge is 0.255 e. The van der Waals surface area contributed by atoms with Crippen LogP contribution in [-0.2, 0) is 0 Å². The number of hydrogen-bond acceptors (Lipinski definition) is 3. The maximum absolute atomic E-state index is 13.2. The third-order valence-electron chi connectivity index (χ3n) is 6.20. The molecular formula is C24H28ClN3O2. The molecular weight excluding hydrogens is 398 g/mol. The highest BCUT2D eigenvalue weighted by Crippen LogP contribution is 2.31. The maximum Gasteiger partial charge on any atom is 0.255 e. The first-order valence-corrected chi connectivity index (χ1v) is 11.2. The molecule has 0 bridgehead atoms. The molecule has 5 nitrogen and oxygen atoms in total. The van der Waals surface area contributed by atoms with Crippen LogP contribution in [0.15, 0.2) is 36.4 Å². The first kappa shape index (κ1) is 20.9. The van der Waals surface area contributed by atoms with Crippen LogP contribution in [0.3, 0.4) is 0 Å². The van der Waals surface area contributed by atoms with Crippen LogP contribution in [0.5, 0.6) is 0 Å². The minimum absolute atomic E-state index is 0.0342. The summed E-state index contributed by atoms with van der Waals surface area (Å²) in [4.78, 5) is 34.6. The van der Waals surface area contributed by atoms with Gasteiger partial charge in [0.05, 0.1) is 11.3 Å². The van der Waals surface area contributed by atoms with Crippen LogP contribution in [0.1, 0.15) is 70.1 Å². The van der Waals surface area contributed by atoms with E-state index in [9.17, 15) is 9.59 Å². The summed E-state index contributed by atoms with van der Waals surface area (Å²) in [5, 5.41) is 0.627. The largest absolute Gasteiger partial charge is 0.339 e. The third-order valence-corrected chi connectivity index (χ3v) is 6.45. The highest BCUT2D eigenvalue weighted by Gasteiger charge is 2.30. The molecule has 0 spiro atoms. The number of likely N-dealkylation sites (tertiary alicyclic amines) is 2. The SMILES string of the molecule is Cc1ccc(C(=O)N2CCCCC2)c(C2CCN(C(=O)c3ccc(Cl)cc3)CC2)n1. The fraction of sp³-hybridized carbons (Fsp3) is 0.458. The molecule has 2 aliphatic rings. The number of aryl methyl sites for hydroxylation is 1. The number of amides is 2. The monoisotopic (exact) mass is 425 g/mol. The van der Waals surface area contributed by atoms with Gasteiger partial charge in [-0.1, -0.05) is 11.6 Å². The topological polar surface area (TPSA) is 53.5 Å². The Bertz CT molecular complexity index is 915. The van der Waals surface area contributed by atoms with Gasteiger partial charge < -0.3 is 9.80 Å². The molecule has 6 heteroatoms. The van der Waals surface area contributed by atoms with Crippen molar-refractivity contribution in [1.29, 1.82) is 0 Å². The fourth-order valence-electron chi connectivity index (χ4n) is 4.47. The molecule has 0 saturated carbocycles. The Morgan fingerprint density at radius 1 is 0.867 bits per heavy atom. The van der Waals surface area contributed by atoms with Crippen LogP contribution in [0, 0.1) is 6.92 Å². The van der Waals surface area contributed by atoms with Gasteiger partial charge >= 0.3 is 0 Å². The van der Waals surface area contributed by atoms with Crippen LogP contribution in [-0.4, -0.2) is 52.8 Å². The molecule has 2 amide bonds. The van der Waals surface area contributed by atoms with Crippen LogP contribution >= 0.6 is 11.6 Å². The quantitative estimate of drug-likeness (QED) is 0.716. The van der Waals surface area contributed by atoms with Crippen molar-refractivity contribution in [3.8, 4) is 0 Å². The van der Waals surface area contributed by atoms with Gasteiger partial charge in [-0.2, -0.15) is 0 Å². The lowest BCUT2D eigenvalue weighted by Crippen LogP contribution is -2.39. The Morgan fingerprint density at radius 2 is 1.50 bits per heavy atom. The molecule has 4 rings (SSSR count). The van der Waals surface area contributed by atoms with E-state index in [-0.39, 0.29) is 17.7 Å². The number of carbonyl (C=O) groups excluding carboxylic acids is 2. The van der Waals surface area contributed by atoms with Crippen molar-refractivity contribution < 1.29 is 9.59 Å². The third kappa shape index (κ3) is 4.51. The second-order valence-electron chi connectivity index (χ2n) is 8.31. The van der Waals surface area contributed by atoms with Gasteiger partial charge in [0.1, 0.15) is 0 Å². The fourth-order valence-corrected chi connectivity index (χ4v) is 4.59. The summed E-state index contributed by atoms with van der Waals surface area (Å²) in [6.07, 6.45) is 4.98. The summed E-state index contributed by atoms with van der Waals surface area (Å²) >= 11 is 5.94. The number of aromatic nitrogens is 1. The minimum atomic E-state index is 0.0342. The lowest BCUT2D eigenvalue weighted by molar-refractivity contribution is 0.0696. The van der Waals surface area contributed by atoms with E-state index in [0.717, 1.165) is 55.7 Å². The molecule has 2 aromatic rings. The van der Waals surface area contributed by atoms with Crippen LogP contribution in [0.2, 0.25) is 5.02 Å². The van der Waals surface area contributed by atoms with Gasteiger partial charge in [0.2, 0.25) is 0 Å². The average Bonchev–Trinajstić information content (AvgIpc) is 2.79. The molecule has 0 unspecified atom stereocenters.